The van der Waals surface area contributed by atoms with Gasteiger partial charge in [-0.05, 0) is 21.0 Å². The molecule has 94 valence electrons. The van der Waals surface area contributed by atoms with Gasteiger partial charge in [-0.3, -0.25) is 9.89 Å². The number of nitrogens with zero attached hydrogens (tertiary/aromatic N) is 2. The van der Waals surface area contributed by atoms with Crippen molar-refractivity contribution in [2.24, 2.45) is 10.7 Å². The third-order valence-corrected chi connectivity index (χ3v) is 3.41. The van der Waals surface area contributed by atoms with Gasteiger partial charge in [0.15, 0.2) is 0 Å². The van der Waals surface area contributed by atoms with Crippen LogP contribution in [0, 0.1) is 0 Å². The Hall–Kier alpha value is -0.520. The van der Waals surface area contributed by atoms with Crippen molar-refractivity contribution in [3.63, 3.8) is 0 Å². The summed E-state index contributed by atoms with van der Waals surface area (Å²) in [5.74, 6) is 1.01. The highest BCUT2D eigenvalue weighted by atomic mass is 32.2. The Morgan fingerprint density at radius 3 is 2.75 bits per heavy atom. The van der Waals surface area contributed by atoms with E-state index in [4.69, 9.17) is 10.5 Å². The van der Waals surface area contributed by atoms with Crippen LogP contribution in [0.5, 0.6) is 0 Å². The minimum atomic E-state index is 0.515. The fourth-order valence-electron chi connectivity index (χ4n) is 0.902. The normalized spacial score (nSPS) is 14.9. The molecule has 0 aliphatic heterocycles. The molecule has 0 rings (SSSR count). The van der Waals surface area contributed by atoms with E-state index in [1.165, 1.54) is 6.20 Å². The monoisotopic (exact) mass is 245 g/mol. The molecule has 1 unspecified atom stereocenters. The molecule has 0 radical (unpaired) electrons. The largest absolute Gasteiger partial charge is 0.404 e. The quantitative estimate of drug-likeness (QED) is 0.396. The summed E-state index contributed by atoms with van der Waals surface area (Å²) in [5, 5.41) is 0.527. The van der Waals surface area contributed by atoms with Crippen LogP contribution in [-0.2, 0) is 4.74 Å². The summed E-state index contributed by atoms with van der Waals surface area (Å²) < 4.78 is 4.97. The van der Waals surface area contributed by atoms with Gasteiger partial charge in [0.1, 0.15) is 0 Å². The molecule has 4 nitrogen and oxygen atoms in total. The summed E-state index contributed by atoms with van der Waals surface area (Å²) in [6.07, 6.45) is 3.31. The molecule has 2 N–H and O–H groups in total. The van der Waals surface area contributed by atoms with Crippen molar-refractivity contribution >= 4 is 18.0 Å². The molecule has 0 saturated carbocycles. The van der Waals surface area contributed by atoms with Gasteiger partial charge < -0.3 is 10.5 Å². The topological polar surface area (TPSA) is 50.8 Å². The number of hydrogen-bond donors (Lipinski definition) is 1. The fraction of sp³-hybridized carbons (Fsp3) is 0.727. The van der Waals surface area contributed by atoms with Crippen LogP contribution >= 0.6 is 11.8 Å². The zero-order valence-electron chi connectivity index (χ0n) is 10.6. The van der Waals surface area contributed by atoms with Crippen molar-refractivity contribution in [3.05, 3.63) is 11.8 Å². The summed E-state index contributed by atoms with van der Waals surface area (Å²) in [6.45, 7) is 3.51. The highest BCUT2D eigenvalue weighted by Crippen LogP contribution is 2.11. The van der Waals surface area contributed by atoms with Gasteiger partial charge >= 0.3 is 0 Å². The van der Waals surface area contributed by atoms with Crippen LogP contribution in [0.15, 0.2) is 16.8 Å². The Morgan fingerprint density at radius 1 is 1.56 bits per heavy atom. The van der Waals surface area contributed by atoms with Crippen LogP contribution in [0.2, 0.25) is 0 Å². The van der Waals surface area contributed by atoms with Crippen LogP contribution in [0.25, 0.3) is 0 Å². The number of aliphatic imine (C=N–C) groups is 1. The number of methoxy groups -OCH3 is 1. The van der Waals surface area contributed by atoms with Crippen LogP contribution in [0.4, 0.5) is 0 Å². The summed E-state index contributed by atoms with van der Waals surface area (Å²) in [5.41, 5.74) is 6.33. The van der Waals surface area contributed by atoms with Crippen LogP contribution in [0.1, 0.15) is 6.92 Å². The van der Waals surface area contributed by atoms with Crippen molar-refractivity contribution in [3.8, 4) is 0 Å². The number of nitrogens with two attached hydrogens (primary N) is 1. The van der Waals surface area contributed by atoms with Crippen LogP contribution in [-0.4, -0.2) is 56.6 Å². The second kappa shape index (κ2) is 9.69. The van der Waals surface area contributed by atoms with Gasteiger partial charge in [0, 0.05) is 37.4 Å². The Labute approximate surface area is 103 Å². The van der Waals surface area contributed by atoms with Crippen LogP contribution in [0.3, 0.4) is 0 Å². The van der Waals surface area contributed by atoms with Crippen molar-refractivity contribution in [2.45, 2.75) is 12.3 Å². The van der Waals surface area contributed by atoms with Crippen molar-refractivity contribution in [1.82, 2.24) is 4.90 Å². The minimum absolute atomic E-state index is 0.515. The third-order valence-electron chi connectivity index (χ3n) is 2.09. The molecule has 0 aromatic rings. The smallest absolute Gasteiger partial charge is 0.0741 e. The maximum Gasteiger partial charge on any atom is 0.0741 e. The molecule has 1 atom stereocenters. The number of thioether (sulfide) groups is 1. The van der Waals surface area contributed by atoms with Gasteiger partial charge in [0.25, 0.3) is 0 Å². The summed E-state index contributed by atoms with van der Waals surface area (Å²) in [4.78, 5) is 6.48. The maximum atomic E-state index is 5.42. The molecule has 0 aliphatic carbocycles. The van der Waals surface area contributed by atoms with Gasteiger partial charge in [0.05, 0.1) is 12.0 Å². The van der Waals surface area contributed by atoms with Crippen molar-refractivity contribution in [1.29, 1.82) is 0 Å². The standard InChI is InChI=1S/C11H23N3OS/c1-10(14(2)3)16-6-5-13-8-11(7-12)9-15-4/h7-8,10H,5-6,9,12H2,1-4H3. The number of hydrogen-bond acceptors (Lipinski definition) is 5. The van der Waals surface area contributed by atoms with E-state index >= 15 is 0 Å². The Morgan fingerprint density at radius 2 is 2.25 bits per heavy atom. The SMILES string of the molecule is COCC(C=NCCSC(C)N(C)C)=CN. The number of ether oxygens (including phenoxy) is 1. The molecule has 5 heteroatoms. The fourth-order valence-corrected chi connectivity index (χ4v) is 1.75. The molecule has 0 fully saturated rings. The molecule has 0 bridgehead atoms. The van der Waals surface area contributed by atoms with E-state index in [0.717, 1.165) is 17.9 Å². The molecule has 0 spiro atoms. The zero-order valence-corrected chi connectivity index (χ0v) is 11.5. The molecule has 0 aromatic carbocycles. The van der Waals surface area contributed by atoms with Crippen LogP contribution < -0.4 is 5.73 Å². The second-order valence-electron chi connectivity index (χ2n) is 3.64. The average molecular weight is 245 g/mol. The second-order valence-corrected chi connectivity index (χ2v) is 5.07. The minimum Gasteiger partial charge on any atom is -0.404 e. The summed E-state index contributed by atoms with van der Waals surface area (Å²) in [7, 11) is 5.80. The first kappa shape index (κ1) is 15.5. The predicted octanol–water partition coefficient (Wildman–Crippen LogP) is 1.19. The highest BCUT2D eigenvalue weighted by Gasteiger charge is 2.02. The molecule has 0 aliphatic rings. The number of rotatable bonds is 8. The van der Waals surface area contributed by atoms with Crippen molar-refractivity contribution < 1.29 is 4.74 Å². The molecular weight excluding hydrogens is 222 g/mol. The lowest BCUT2D eigenvalue weighted by molar-refractivity contribution is 0.230. The van der Waals surface area contributed by atoms with E-state index in [0.29, 0.717) is 12.0 Å². The van der Waals surface area contributed by atoms with E-state index in [9.17, 15) is 0 Å². The molecule has 0 amide bonds. The Kier molecular flexibility index (Phi) is 9.37. The van der Waals surface area contributed by atoms with E-state index in [1.807, 2.05) is 11.8 Å². The van der Waals surface area contributed by atoms with Gasteiger partial charge in [0.2, 0.25) is 0 Å². The van der Waals surface area contributed by atoms with E-state index < -0.39 is 0 Å². The zero-order chi connectivity index (χ0) is 12.4. The van der Waals surface area contributed by atoms with Gasteiger partial charge in [-0.2, -0.15) is 0 Å². The highest BCUT2D eigenvalue weighted by molar-refractivity contribution is 7.99. The summed E-state index contributed by atoms with van der Waals surface area (Å²) >= 11 is 1.89. The first-order chi connectivity index (χ1) is 7.61. The van der Waals surface area contributed by atoms with Gasteiger partial charge in [-0.15, -0.1) is 11.8 Å². The molecule has 16 heavy (non-hydrogen) atoms. The molecule has 0 saturated heterocycles. The lowest BCUT2D eigenvalue weighted by Crippen LogP contribution is -2.21. The average Bonchev–Trinajstić information content (AvgIpc) is 2.26. The Balaban J connectivity index is 3.68. The lowest BCUT2D eigenvalue weighted by atomic mass is 10.3. The Bertz CT molecular complexity index is 229. The van der Waals surface area contributed by atoms with E-state index in [1.54, 1.807) is 13.3 Å². The lowest BCUT2D eigenvalue weighted by Gasteiger charge is -2.18. The van der Waals surface area contributed by atoms with E-state index in [-0.39, 0.29) is 0 Å². The first-order valence-electron chi connectivity index (χ1n) is 5.29. The molecular formula is C11H23N3OS. The van der Waals surface area contributed by atoms with Crippen molar-refractivity contribution in [2.75, 3.05) is 40.1 Å². The molecule has 0 aromatic heterocycles. The molecule has 0 heterocycles. The predicted molar refractivity (Wildman–Crippen MR) is 73.1 cm³/mol. The third kappa shape index (κ3) is 7.73. The first-order valence-corrected chi connectivity index (χ1v) is 6.34. The maximum absolute atomic E-state index is 5.42. The van der Waals surface area contributed by atoms with Gasteiger partial charge in [-0.25, -0.2) is 0 Å². The van der Waals surface area contributed by atoms with E-state index in [2.05, 4.69) is 30.9 Å². The summed E-state index contributed by atoms with van der Waals surface area (Å²) in [6, 6.07) is 0. The van der Waals surface area contributed by atoms with Gasteiger partial charge in [-0.1, -0.05) is 0 Å².